The second kappa shape index (κ2) is 18.0. The number of aliphatic hydroxyl groups excluding tert-OH is 1. The van der Waals surface area contributed by atoms with Gasteiger partial charge in [0.05, 0.1) is 17.9 Å². The van der Waals surface area contributed by atoms with E-state index in [0.29, 0.717) is 12.8 Å². The number of ketones is 1. The Hall–Kier alpha value is -1.44. The molecule has 5 atom stereocenters. The molecule has 0 aromatic carbocycles. The van der Waals surface area contributed by atoms with Crippen molar-refractivity contribution in [2.75, 3.05) is 0 Å². The third-order valence-electron chi connectivity index (χ3n) is 4.87. The summed E-state index contributed by atoms with van der Waals surface area (Å²) < 4.78 is 16.4. The Morgan fingerprint density at radius 2 is 1.91 bits per heavy atom. The lowest BCUT2D eigenvalue weighted by atomic mass is 9.96. The number of hydrogen-bond acceptors (Lipinski definition) is 4. The van der Waals surface area contributed by atoms with Gasteiger partial charge in [0.25, 0.3) is 0 Å². The predicted octanol–water partition coefficient (Wildman–Crippen LogP) is 7.11. The van der Waals surface area contributed by atoms with Gasteiger partial charge in [-0.05, 0) is 53.0 Å². The Balaban J connectivity index is 4.59. The average Bonchev–Trinajstić information content (AvgIpc) is 2.72. The monoisotopic (exact) mass is 478 g/mol. The fraction of sp³-hybridized carbons (Fsp3) is 0.500. The highest BCUT2D eigenvalue weighted by Crippen LogP contribution is 2.22. The van der Waals surface area contributed by atoms with Crippen LogP contribution in [0.5, 0.6) is 0 Å². The number of rotatable bonds is 16. The molecule has 6 heteroatoms. The van der Waals surface area contributed by atoms with E-state index in [9.17, 15) is 14.5 Å². The van der Waals surface area contributed by atoms with Gasteiger partial charge in [0.15, 0.2) is 14.2 Å². The van der Waals surface area contributed by atoms with Gasteiger partial charge in [-0.3, -0.25) is 9.36 Å². The van der Waals surface area contributed by atoms with E-state index in [-0.39, 0.29) is 31.9 Å². The van der Waals surface area contributed by atoms with Gasteiger partial charge in [-0.1, -0.05) is 66.2 Å². The molecule has 4 nitrogen and oxygen atoms in total. The molecule has 0 aromatic rings. The van der Waals surface area contributed by atoms with Crippen LogP contribution in [0.15, 0.2) is 71.9 Å². The zero-order chi connectivity index (χ0) is 24.5. The molecule has 0 aliphatic carbocycles. The maximum Gasteiger partial charge on any atom is 0.165 e. The summed E-state index contributed by atoms with van der Waals surface area (Å²) in [5, 5.41) is 10.5. The molecule has 0 amide bonds. The fourth-order valence-corrected chi connectivity index (χ4v) is 3.96. The zero-order valence-corrected chi connectivity index (χ0v) is 22.2. The quantitative estimate of drug-likeness (QED) is 0.111. The molecule has 0 saturated heterocycles. The highest BCUT2D eigenvalue weighted by atomic mass is 31.1. The summed E-state index contributed by atoms with van der Waals surface area (Å²) >= 11 is 0. The third-order valence-corrected chi connectivity index (χ3v) is 6.00. The van der Waals surface area contributed by atoms with Gasteiger partial charge in [0.1, 0.15) is 0 Å². The van der Waals surface area contributed by atoms with Crippen LogP contribution in [0.25, 0.3) is 0 Å². The summed E-state index contributed by atoms with van der Waals surface area (Å²) in [6.07, 6.45) is 17.1. The van der Waals surface area contributed by atoms with Gasteiger partial charge in [-0.2, -0.15) is 0 Å². The number of allylic oxidation sites excluding steroid dienone is 8. The van der Waals surface area contributed by atoms with Crippen LogP contribution >= 0.6 is 17.9 Å². The maximum absolute atomic E-state index is 11.7. The van der Waals surface area contributed by atoms with Gasteiger partial charge in [-0.15, -0.1) is 6.58 Å². The SMILES string of the molecule is C=C[C@@H](P=O)[C@@H](CC/C=C/C=C(\C)CC(O)[C@H](C)/C=C(C)/C=C/CC(=O)C=C(C)C)OP. The minimum atomic E-state index is -0.477. The van der Waals surface area contributed by atoms with Crippen molar-refractivity contribution in [1.29, 1.82) is 0 Å². The standard InChI is InChI=1S/C26H40O4P2/c1-7-26(32-29)25(30-31)15-10-8-9-12-21(5)18-24(28)22(6)17-20(4)13-11-14-23(27)16-19(2)3/h7-9,11-13,16-17,22,24-26,28H,1,10,14-15,18,31H2,2-6H3/b9-8+,13-11+,20-17+,21-12+/t22-,24?,25-,26-/m1/s1. The Labute approximate surface area is 198 Å². The van der Waals surface area contributed by atoms with Crippen LogP contribution in [-0.2, 0) is 13.9 Å². The van der Waals surface area contributed by atoms with Crippen LogP contribution < -0.4 is 0 Å². The Morgan fingerprint density at radius 3 is 2.47 bits per heavy atom. The molecule has 0 bridgehead atoms. The first kappa shape index (κ1) is 30.6. The Bertz CT molecular complexity index is 735. The van der Waals surface area contributed by atoms with Crippen molar-refractivity contribution in [2.24, 2.45) is 5.92 Å². The predicted molar refractivity (Wildman–Crippen MR) is 140 cm³/mol. The largest absolute Gasteiger partial charge is 0.392 e. The zero-order valence-electron chi connectivity index (χ0n) is 20.2. The summed E-state index contributed by atoms with van der Waals surface area (Å²) in [6, 6.07) is 0. The molecule has 0 saturated carbocycles. The molecule has 0 spiro atoms. The molecule has 1 N–H and O–H groups in total. The second-order valence-corrected chi connectivity index (χ2v) is 9.44. The van der Waals surface area contributed by atoms with E-state index in [4.69, 9.17) is 4.52 Å². The molecule has 2 unspecified atom stereocenters. The van der Waals surface area contributed by atoms with Crippen molar-refractivity contribution in [2.45, 2.75) is 78.2 Å². The van der Waals surface area contributed by atoms with Crippen molar-refractivity contribution in [3.8, 4) is 0 Å². The molecule has 32 heavy (non-hydrogen) atoms. The van der Waals surface area contributed by atoms with Crippen molar-refractivity contribution >= 4 is 23.7 Å². The number of carbonyl (C=O) groups is 1. The lowest BCUT2D eigenvalue weighted by Gasteiger charge is -2.17. The Kier molecular flexibility index (Phi) is 17.2. The molecular formula is C26H40O4P2. The maximum atomic E-state index is 11.7. The van der Waals surface area contributed by atoms with E-state index in [1.165, 1.54) is 0 Å². The van der Waals surface area contributed by atoms with Crippen LogP contribution in [0, 0.1) is 5.92 Å². The minimum absolute atomic E-state index is 0.00233. The van der Waals surface area contributed by atoms with E-state index in [1.807, 2.05) is 71.1 Å². The summed E-state index contributed by atoms with van der Waals surface area (Å²) in [7, 11) is 2.25. The van der Waals surface area contributed by atoms with Crippen LogP contribution in [0.4, 0.5) is 0 Å². The van der Waals surface area contributed by atoms with E-state index >= 15 is 0 Å². The highest BCUT2D eigenvalue weighted by molar-refractivity contribution is 7.25. The summed E-state index contributed by atoms with van der Waals surface area (Å²) in [6.45, 7) is 13.5. The van der Waals surface area contributed by atoms with Crippen molar-refractivity contribution in [3.63, 3.8) is 0 Å². The lowest BCUT2D eigenvalue weighted by Crippen LogP contribution is -2.19. The molecular weight excluding hydrogens is 438 g/mol. The Morgan fingerprint density at radius 1 is 1.22 bits per heavy atom. The van der Waals surface area contributed by atoms with Crippen LogP contribution in [-0.4, -0.2) is 28.8 Å². The third kappa shape index (κ3) is 14.6. The second-order valence-electron chi connectivity index (χ2n) is 8.36. The summed E-state index contributed by atoms with van der Waals surface area (Å²) in [5.74, 6) is 0.0978. The number of carbonyl (C=O) groups excluding carboxylic acids is 1. The molecule has 0 radical (unpaired) electrons. The number of hydrogen-bond donors (Lipinski definition) is 1. The summed E-state index contributed by atoms with van der Waals surface area (Å²) in [5.41, 5.74) is 2.92. The number of aliphatic hydroxyl groups is 1. The van der Waals surface area contributed by atoms with E-state index in [2.05, 4.69) is 16.0 Å². The first-order valence-corrected chi connectivity index (χ1v) is 12.3. The van der Waals surface area contributed by atoms with Crippen LogP contribution in [0.2, 0.25) is 0 Å². The molecule has 0 aliphatic rings. The first-order chi connectivity index (χ1) is 15.1. The van der Waals surface area contributed by atoms with Crippen molar-refractivity contribution in [3.05, 3.63) is 71.9 Å². The molecule has 0 aliphatic heterocycles. The molecule has 178 valence electrons. The topological polar surface area (TPSA) is 63.6 Å². The fourth-order valence-electron chi connectivity index (χ4n) is 3.08. The van der Waals surface area contributed by atoms with Gasteiger partial charge in [0, 0.05) is 21.8 Å². The first-order valence-electron chi connectivity index (χ1n) is 11.0. The molecule has 0 aromatic heterocycles. The van der Waals surface area contributed by atoms with Crippen LogP contribution in [0.3, 0.4) is 0 Å². The van der Waals surface area contributed by atoms with Crippen LogP contribution in [0.1, 0.15) is 60.3 Å². The molecule has 0 heterocycles. The van der Waals surface area contributed by atoms with Gasteiger partial charge < -0.3 is 9.63 Å². The highest BCUT2D eigenvalue weighted by Gasteiger charge is 2.17. The van der Waals surface area contributed by atoms with Gasteiger partial charge in [0.2, 0.25) is 0 Å². The molecule has 0 rings (SSSR count). The smallest absolute Gasteiger partial charge is 0.165 e. The minimum Gasteiger partial charge on any atom is -0.392 e. The van der Waals surface area contributed by atoms with Crippen molar-refractivity contribution < 1.29 is 19.0 Å². The normalized spacial score (nSPS) is 16.8. The summed E-state index contributed by atoms with van der Waals surface area (Å²) in [4.78, 5) is 11.7. The van der Waals surface area contributed by atoms with Gasteiger partial charge >= 0.3 is 0 Å². The van der Waals surface area contributed by atoms with E-state index in [0.717, 1.165) is 29.6 Å². The van der Waals surface area contributed by atoms with Crippen molar-refractivity contribution in [1.82, 2.24) is 0 Å². The van der Waals surface area contributed by atoms with E-state index < -0.39 is 6.10 Å². The lowest BCUT2D eigenvalue weighted by molar-refractivity contribution is -0.113. The van der Waals surface area contributed by atoms with E-state index in [1.54, 1.807) is 12.2 Å². The van der Waals surface area contributed by atoms with Gasteiger partial charge in [-0.25, -0.2) is 0 Å². The molecule has 0 fully saturated rings. The average molecular weight is 479 g/mol.